The summed E-state index contributed by atoms with van der Waals surface area (Å²) in [5.41, 5.74) is 1.69. The van der Waals surface area contributed by atoms with Gasteiger partial charge in [-0.2, -0.15) is 0 Å². The molecule has 0 saturated heterocycles. The van der Waals surface area contributed by atoms with E-state index in [1.807, 2.05) is 25.1 Å². The van der Waals surface area contributed by atoms with E-state index in [1.165, 1.54) is 12.1 Å². The summed E-state index contributed by atoms with van der Waals surface area (Å²) in [5, 5.41) is 3.97. The molecule has 0 aromatic heterocycles. The molecule has 0 radical (unpaired) electrons. The minimum atomic E-state index is -0.296. The Balaban J connectivity index is 2.55. The summed E-state index contributed by atoms with van der Waals surface area (Å²) in [6.07, 6.45) is 0. The second-order valence-electron chi connectivity index (χ2n) is 4.58. The van der Waals surface area contributed by atoms with Crippen LogP contribution in [-0.4, -0.2) is 13.7 Å². The van der Waals surface area contributed by atoms with Crippen molar-refractivity contribution in [1.82, 2.24) is 5.32 Å². The second-order valence-corrected chi connectivity index (χ2v) is 5.93. The molecule has 0 aliphatic rings. The topological polar surface area (TPSA) is 21.3 Å². The summed E-state index contributed by atoms with van der Waals surface area (Å²) in [7, 11) is 1.58. The maximum absolute atomic E-state index is 13.6. The van der Waals surface area contributed by atoms with Crippen molar-refractivity contribution in [3.63, 3.8) is 0 Å². The van der Waals surface area contributed by atoms with E-state index in [4.69, 9.17) is 16.3 Å². The van der Waals surface area contributed by atoms with Gasteiger partial charge in [0.15, 0.2) is 0 Å². The fourth-order valence-electron chi connectivity index (χ4n) is 2.28. The Kier molecular flexibility index (Phi) is 5.62. The molecule has 112 valence electrons. The van der Waals surface area contributed by atoms with Crippen molar-refractivity contribution in [1.29, 1.82) is 0 Å². The molecule has 2 rings (SSSR count). The van der Waals surface area contributed by atoms with Gasteiger partial charge in [-0.05, 0) is 48.5 Å². The number of nitrogens with one attached hydrogen (secondary N) is 1. The van der Waals surface area contributed by atoms with Gasteiger partial charge < -0.3 is 10.1 Å². The van der Waals surface area contributed by atoms with Gasteiger partial charge in [0.2, 0.25) is 0 Å². The maximum Gasteiger partial charge on any atom is 0.124 e. The van der Waals surface area contributed by atoms with E-state index in [0.717, 1.165) is 22.1 Å². The third-order valence-electron chi connectivity index (χ3n) is 3.13. The van der Waals surface area contributed by atoms with E-state index in [2.05, 4.69) is 21.2 Å². The second kappa shape index (κ2) is 7.25. The number of ether oxygens (including phenoxy) is 1. The van der Waals surface area contributed by atoms with Crippen molar-refractivity contribution in [3.8, 4) is 5.75 Å². The third-order valence-corrected chi connectivity index (χ3v) is 3.81. The van der Waals surface area contributed by atoms with E-state index >= 15 is 0 Å². The lowest BCUT2D eigenvalue weighted by Gasteiger charge is -2.22. The molecule has 1 atom stereocenters. The number of hydrogen-bond donors (Lipinski definition) is 1. The molecular weight excluding hydrogens is 357 g/mol. The predicted octanol–water partition coefficient (Wildman–Crippen LogP) is 4.95. The van der Waals surface area contributed by atoms with Crippen molar-refractivity contribution in [2.75, 3.05) is 13.7 Å². The molecule has 0 fully saturated rings. The summed E-state index contributed by atoms with van der Waals surface area (Å²) in [4.78, 5) is 0. The van der Waals surface area contributed by atoms with Crippen LogP contribution in [0.2, 0.25) is 5.02 Å². The first-order valence-corrected chi connectivity index (χ1v) is 7.75. The highest BCUT2D eigenvalue weighted by Crippen LogP contribution is 2.33. The summed E-state index contributed by atoms with van der Waals surface area (Å²) < 4.78 is 19.9. The standard InChI is InChI=1S/C16H16BrClFNO/c1-3-20-16(10-6-11(17)8-12(18)7-10)14-9-13(19)4-5-15(14)21-2/h4-9,16,20H,3H2,1-2H3. The highest BCUT2D eigenvalue weighted by Gasteiger charge is 2.19. The van der Waals surface area contributed by atoms with Crippen LogP contribution in [0, 0.1) is 5.82 Å². The average molecular weight is 373 g/mol. The molecule has 5 heteroatoms. The van der Waals surface area contributed by atoms with Crippen LogP contribution in [0.15, 0.2) is 40.9 Å². The lowest BCUT2D eigenvalue weighted by Crippen LogP contribution is -2.22. The Hall–Kier alpha value is -1.10. The van der Waals surface area contributed by atoms with Crippen LogP contribution >= 0.6 is 27.5 Å². The van der Waals surface area contributed by atoms with Crippen molar-refractivity contribution in [3.05, 3.63) is 62.8 Å². The third kappa shape index (κ3) is 3.96. The normalized spacial score (nSPS) is 12.2. The molecule has 0 saturated carbocycles. The Morgan fingerprint density at radius 3 is 2.67 bits per heavy atom. The highest BCUT2D eigenvalue weighted by atomic mass is 79.9. The predicted molar refractivity (Wildman–Crippen MR) is 87.6 cm³/mol. The average Bonchev–Trinajstić information content (AvgIpc) is 2.43. The van der Waals surface area contributed by atoms with Crippen LogP contribution in [-0.2, 0) is 0 Å². The van der Waals surface area contributed by atoms with Crippen molar-refractivity contribution in [2.24, 2.45) is 0 Å². The molecular formula is C16H16BrClFNO. The van der Waals surface area contributed by atoms with Crippen LogP contribution in [0.3, 0.4) is 0 Å². The van der Waals surface area contributed by atoms with Gasteiger partial charge in [0.25, 0.3) is 0 Å². The van der Waals surface area contributed by atoms with Crippen LogP contribution in [0.5, 0.6) is 5.75 Å². The smallest absolute Gasteiger partial charge is 0.124 e. The van der Waals surface area contributed by atoms with Gasteiger partial charge in [0.05, 0.1) is 13.2 Å². The highest BCUT2D eigenvalue weighted by molar-refractivity contribution is 9.10. The van der Waals surface area contributed by atoms with Gasteiger partial charge in [0, 0.05) is 15.1 Å². The van der Waals surface area contributed by atoms with Crippen molar-refractivity contribution >= 4 is 27.5 Å². The molecule has 0 aliphatic heterocycles. The van der Waals surface area contributed by atoms with E-state index in [9.17, 15) is 4.39 Å². The largest absolute Gasteiger partial charge is 0.496 e. The van der Waals surface area contributed by atoms with E-state index < -0.39 is 0 Å². The Morgan fingerprint density at radius 2 is 2.05 bits per heavy atom. The Morgan fingerprint density at radius 1 is 1.29 bits per heavy atom. The first-order valence-electron chi connectivity index (χ1n) is 6.58. The quantitative estimate of drug-likeness (QED) is 0.802. The number of methoxy groups -OCH3 is 1. The summed E-state index contributed by atoms with van der Waals surface area (Å²) in [6.45, 7) is 2.73. The maximum atomic E-state index is 13.6. The van der Waals surface area contributed by atoms with E-state index in [-0.39, 0.29) is 11.9 Å². The zero-order chi connectivity index (χ0) is 15.4. The zero-order valence-corrected chi connectivity index (χ0v) is 14.1. The SMILES string of the molecule is CCNC(c1cc(Cl)cc(Br)c1)c1cc(F)ccc1OC. The molecule has 2 nitrogen and oxygen atoms in total. The molecule has 21 heavy (non-hydrogen) atoms. The lowest BCUT2D eigenvalue weighted by molar-refractivity contribution is 0.402. The first kappa shape index (κ1) is 16.3. The fraction of sp³-hybridized carbons (Fsp3) is 0.250. The minimum absolute atomic E-state index is 0.198. The minimum Gasteiger partial charge on any atom is -0.496 e. The first-order chi connectivity index (χ1) is 10.0. The van der Waals surface area contributed by atoms with Gasteiger partial charge in [-0.25, -0.2) is 4.39 Å². The molecule has 0 heterocycles. The van der Waals surface area contributed by atoms with Gasteiger partial charge in [-0.1, -0.05) is 34.5 Å². The Labute approximate surface area is 137 Å². The van der Waals surface area contributed by atoms with E-state index in [1.54, 1.807) is 13.2 Å². The molecule has 2 aromatic rings. The molecule has 0 amide bonds. The lowest BCUT2D eigenvalue weighted by atomic mass is 9.97. The van der Waals surface area contributed by atoms with Crippen LogP contribution in [0.25, 0.3) is 0 Å². The van der Waals surface area contributed by atoms with E-state index in [0.29, 0.717) is 10.8 Å². The summed E-state index contributed by atoms with van der Waals surface area (Å²) in [5.74, 6) is 0.341. The molecule has 1 N–H and O–H groups in total. The van der Waals surface area contributed by atoms with Gasteiger partial charge >= 0.3 is 0 Å². The van der Waals surface area contributed by atoms with Gasteiger partial charge in [0.1, 0.15) is 11.6 Å². The molecule has 0 aliphatic carbocycles. The van der Waals surface area contributed by atoms with Crippen LogP contribution in [0.4, 0.5) is 4.39 Å². The van der Waals surface area contributed by atoms with Crippen LogP contribution < -0.4 is 10.1 Å². The van der Waals surface area contributed by atoms with Crippen molar-refractivity contribution < 1.29 is 9.13 Å². The summed E-state index contributed by atoms with van der Waals surface area (Å²) >= 11 is 9.56. The molecule has 0 bridgehead atoms. The molecule has 2 aromatic carbocycles. The van der Waals surface area contributed by atoms with Crippen molar-refractivity contribution in [2.45, 2.75) is 13.0 Å². The monoisotopic (exact) mass is 371 g/mol. The molecule has 0 spiro atoms. The molecule has 1 unspecified atom stereocenters. The van der Waals surface area contributed by atoms with Gasteiger partial charge in [-0.15, -0.1) is 0 Å². The fourth-order valence-corrected chi connectivity index (χ4v) is 3.17. The van der Waals surface area contributed by atoms with Crippen LogP contribution in [0.1, 0.15) is 24.1 Å². The Bertz CT molecular complexity index is 615. The number of benzene rings is 2. The zero-order valence-electron chi connectivity index (χ0n) is 11.8. The number of halogens is 3. The summed E-state index contributed by atoms with van der Waals surface area (Å²) in [6, 6.07) is 9.95. The number of hydrogen-bond acceptors (Lipinski definition) is 2. The van der Waals surface area contributed by atoms with Gasteiger partial charge in [-0.3, -0.25) is 0 Å². The number of rotatable bonds is 5.